The molecule has 1 amide bonds. The van der Waals surface area contributed by atoms with Crippen molar-refractivity contribution in [2.24, 2.45) is 0 Å². The zero-order valence-corrected chi connectivity index (χ0v) is 18.2. The van der Waals surface area contributed by atoms with Crippen molar-refractivity contribution in [2.45, 2.75) is 24.3 Å². The lowest BCUT2D eigenvalue weighted by Crippen LogP contribution is -2.48. The number of benzene rings is 1. The van der Waals surface area contributed by atoms with Gasteiger partial charge in [-0.3, -0.25) is 14.9 Å². The molecule has 1 aromatic heterocycles. The average Bonchev–Trinajstić information content (AvgIpc) is 3.46. The Bertz CT molecular complexity index is 979. The minimum atomic E-state index is -3.54. The molecule has 2 N–H and O–H groups in total. The van der Waals surface area contributed by atoms with E-state index in [-0.39, 0.29) is 0 Å². The summed E-state index contributed by atoms with van der Waals surface area (Å²) in [5, 5.41) is 9.35. The van der Waals surface area contributed by atoms with Gasteiger partial charge in [0.15, 0.2) is 5.13 Å². The molecule has 2 saturated heterocycles. The van der Waals surface area contributed by atoms with Gasteiger partial charge < -0.3 is 4.90 Å². The number of hydrogen-bond donors (Lipinski definition) is 2. The number of anilines is 1. The minimum absolute atomic E-state index is 0.302. The van der Waals surface area contributed by atoms with E-state index in [4.69, 9.17) is 5.21 Å². The van der Waals surface area contributed by atoms with Gasteiger partial charge in [0.25, 0.3) is 5.91 Å². The molecule has 0 radical (unpaired) electrons. The average molecular weight is 452 g/mol. The van der Waals surface area contributed by atoms with Crippen LogP contribution in [0.1, 0.15) is 28.1 Å². The first kappa shape index (κ1) is 21.2. The maximum atomic E-state index is 13.0. The molecule has 3 heterocycles. The van der Waals surface area contributed by atoms with E-state index in [1.165, 1.54) is 23.3 Å². The van der Waals surface area contributed by atoms with Crippen LogP contribution in [0.4, 0.5) is 5.13 Å². The van der Waals surface area contributed by atoms with Crippen molar-refractivity contribution >= 4 is 32.4 Å². The molecule has 0 aliphatic carbocycles. The number of hydrogen-bond acceptors (Lipinski definition) is 8. The van der Waals surface area contributed by atoms with Gasteiger partial charge >= 0.3 is 0 Å². The van der Waals surface area contributed by atoms with Crippen molar-refractivity contribution in [1.82, 2.24) is 19.7 Å². The van der Waals surface area contributed by atoms with Gasteiger partial charge in [-0.15, -0.1) is 0 Å². The summed E-state index contributed by atoms with van der Waals surface area (Å²) in [5.41, 5.74) is 2.72. The molecular formula is C19H25N5O4S2. The van der Waals surface area contributed by atoms with Crippen molar-refractivity contribution in [1.29, 1.82) is 0 Å². The highest BCUT2D eigenvalue weighted by atomic mass is 32.2. The quantitative estimate of drug-likeness (QED) is 0.505. The van der Waals surface area contributed by atoms with E-state index < -0.39 is 15.9 Å². The molecule has 2 aliphatic heterocycles. The molecule has 11 heteroatoms. The minimum Gasteiger partial charge on any atom is -0.345 e. The summed E-state index contributed by atoms with van der Waals surface area (Å²) in [4.78, 5) is 20.6. The Labute approximate surface area is 179 Å². The summed E-state index contributed by atoms with van der Waals surface area (Å²) in [6, 6.07) is 7.22. The van der Waals surface area contributed by atoms with Gasteiger partial charge in [0, 0.05) is 32.7 Å². The van der Waals surface area contributed by atoms with Crippen molar-refractivity contribution in [2.75, 3.05) is 44.2 Å². The first-order chi connectivity index (χ1) is 14.5. The van der Waals surface area contributed by atoms with Crippen LogP contribution in [0.3, 0.4) is 0 Å². The third kappa shape index (κ3) is 4.49. The lowest BCUT2D eigenvalue weighted by molar-refractivity contribution is 0.0710. The highest BCUT2D eigenvalue weighted by Gasteiger charge is 2.29. The number of nitrogens with zero attached hydrogens (tertiary/aromatic N) is 4. The lowest BCUT2D eigenvalue weighted by atomic mass is 10.2. The number of aromatic nitrogens is 1. The zero-order chi connectivity index (χ0) is 21.1. The van der Waals surface area contributed by atoms with Crippen LogP contribution < -0.4 is 10.4 Å². The summed E-state index contributed by atoms with van der Waals surface area (Å²) < 4.78 is 27.5. The topological polar surface area (TPSA) is 106 Å². The van der Waals surface area contributed by atoms with E-state index in [9.17, 15) is 13.2 Å². The molecule has 4 rings (SSSR count). The lowest BCUT2D eigenvalue weighted by Gasteiger charge is -2.33. The van der Waals surface area contributed by atoms with Crippen LogP contribution in [0, 0.1) is 0 Å². The van der Waals surface area contributed by atoms with Crippen LogP contribution in [0.5, 0.6) is 0 Å². The molecule has 2 aromatic rings. The Morgan fingerprint density at radius 2 is 1.73 bits per heavy atom. The summed E-state index contributed by atoms with van der Waals surface area (Å²) in [7, 11) is -3.54. The molecule has 1 aromatic carbocycles. The van der Waals surface area contributed by atoms with E-state index in [1.807, 2.05) is 17.0 Å². The molecular weight excluding hydrogens is 426 g/mol. The van der Waals surface area contributed by atoms with Gasteiger partial charge in [-0.25, -0.2) is 18.9 Å². The number of carbonyl (C=O) groups is 1. The van der Waals surface area contributed by atoms with Gasteiger partial charge in [0.2, 0.25) is 10.0 Å². The Hall–Kier alpha value is -2.05. The van der Waals surface area contributed by atoms with Gasteiger partial charge in [0.1, 0.15) is 4.88 Å². The molecule has 2 aliphatic rings. The van der Waals surface area contributed by atoms with Gasteiger partial charge in [-0.1, -0.05) is 23.5 Å². The molecule has 0 bridgehead atoms. The Morgan fingerprint density at radius 1 is 1.07 bits per heavy atom. The molecule has 0 spiro atoms. The number of sulfonamides is 1. The van der Waals surface area contributed by atoms with E-state index >= 15 is 0 Å². The number of likely N-dealkylation sites (tertiary alicyclic amines) is 1. The highest BCUT2D eigenvalue weighted by molar-refractivity contribution is 7.89. The number of rotatable bonds is 6. The molecule has 0 saturated carbocycles. The number of thiazole rings is 1. The number of carbonyl (C=O) groups excluding carboxylic acids is 1. The van der Waals surface area contributed by atoms with Crippen LogP contribution in [0.15, 0.2) is 35.4 Å². The molecule has 9 nitrogen and oxygen atoms in total. The molecule has 2 fully saturated rings. The summed E-state index contributed by atoms with van der Waals surface area (Å²) >= 11 is 1.16. The monoisotopic (exact) mass is 451 g/mol. The predicted molar refractivity (Wildman–Crippen MR) is 113 cm³/mol. The number of piperazine rings is 1. The second kappa shape index (κ2) is 8.98. The molecule has 162 valence electrons. The molecule has 0 unspecified atom stereocenters. The van der Waals surface area contributed by atoms with Crippen LogP contribution >= 0.6 is 11.3 Å². The summed E-state index contributed by atoms with van der Waals surface area (Å²) in [6.45, 7) is 4.74. The van der Waals surface area contributed by atoms with Crippen LogP contribution in [0.2, 0.25) is 0 Å². The molecule has 30 heavy (non-hydrogen) atoms. The van der Waals surface area contributed by atoms with Crippen LogP contribution in [0.25, 0.3) is 0 Å². The van der Waals surface area contributed by atoms with E-state index in [0.717, 1.165) is 36.5 Å². The Kier molecular flexibility index (Phi) is 6.34. The third-order valence-electron chi connectivity index (χ3n) is 5.49. The SMILES string of the molecule is O=C(NO)c1cnc(N2CCN(S(=O)(=O)c3ccc(CN4CCCC4)cc3)CC2)s1. The van der Waals surface area contributed by atoms with Crippen molar-refractivity contribution in [3.05, 3.63) is 40.9 Å². The number of amides is 1. The zero-order valence-electron chi connectivity index (χ0n) is 16.5. The van der Waals surface area contributed by atoms with Crippen LogP contribution in [-0.2, 0) is 16.6 Å². The summed E-state index contributed by atoms with van der Waals surface area (Å²) in [5.74, 6) is -0.604. The van der Waals surface area contributed by atoms with Crippen molar-refractivity contribution in [3.8, 4) is 0 Å². The number of hydroxylamine groups is 1. The van der Waals surface area contributed by atoms with Crippen molar-refractivity contribution < 1.29 is 18.4 Å². The second-order valence-electron chi connectivity index (χ2n) is 7.47. The maximum Gasteiger partial charge on any atom is 0.286 e. The largest absolute Gasteiger partial charge is 0.345 e. The predicted octanol–water partition coefficient (Wildman–Crippen LogP) is 1.37. The fourth-order valence-electron chi connectivity index (χ4n) is 3.81. The van der Waals surface area contributed by atoms with Gasteiger partial charge in [-0.05, 0) is 43.6 Å². The second-order valence-corrected chi connectivity index (χ2v) is 10.4. The standard InChI is InChI=1S/C19H25N5O4S2/c25-18(21-26)17-13-20-19(29-17)23-9-11-24(12-10-23)30(27,28)16-5-3-15(4-6-16)14-22-7-1-2-8-22/h3-6,13,26H,1-2,7-12,14H2,(H,21,25). The fourth-order valence-corrected chi connectivity index (χ4v) is 6.09. The van der Waals surface area contributed by atoms with Crippen LogP contribution in [-0.4, -0.2) is 73.0 Å². The Balaban J connectivity index is 1.37. The van der Waals surface area contributed by atoms with Gasteiger partial charge in [-0.2, -0.15) is 4.31 Å². The fraction of sp³-hybridized carbons (Fsp3) is 0.474. The first-order valence-electron chi connectivity index (χ1n) is 9.94. The smallest absolute Gasteiger partial charge is 0.286 e. The van der Waals surface area contributed by atoms with E-state index in [2.05, 4.69) is 9.88 Å². The van der Waals surface area contributed by atoms with E-state index in [1.54, 1.807) is 17.6 Å². The van der Waals surface area contributed by atoms with Gasteiger partial charge in [0.05, 0.1) is 11.1 Å². The highest BCUT2D eigenvalue weighted by Crippen LogP contribution is 2.25. The number of nitrogens with one attached hydrogen (secondary N) is 1. The summed E-state index contributed by atoms with van der Waals surface area (Å²) in [6.07, 6.45) is 3.86. The normalized spacial score (nSPS) is 18.6. The Morgan fingerprint density at radius 3 is 2.37 bits per heavy atom. The molecule has 0 atom stereocenters. The van der Waals surface area contributed by atoms with E-state index in [0.29, 0.717) is 41.1 Å². The van der Waals surface area contributed by atoms with Crippen molar-refractivity contribution in [3.63, 3.8) is 0 Å². The first-order valence-corrected chi connectivity index (χ1v) is 12.2. The maximum absolute atomic E-state index is 13.0. The third-order valence-corrected chi connectivity index (χ3v) is 8.46.